The van der Waals surface area contributed by atoms with Gasteiger partial charge in [0.2, 0.25) is 6.10 Å². The maximum absolute atomic E-state index is 12.4. The quantitative estimate of drug-likeness (QED) is 0.785. The second kappa shape index (κ2) is 6.64. The number of nitrogens with one attached hydrogen (secondary N) is 1. The Morgan fingerprint density at radius 1 is 1.16 bits per heavy atom. The molecule has 0 unspecified atom stereocenters. The minimum absolute atomic E-state index is 0.165. The van der Waals surface area contributed by atoms with E-state index < -0.39 is 6.10 Å². The van der Waals surface area contributed by atoms with Gasteiger partial charge in [0.25, 0.3) is 5.91 Å². The largest absolute Gasteiger partial charge is 0.485 e. The number of furan rings is 1. The molecule has 1 aliphatic rings. The molecule has 1 N–H and O–H groups in total. The Morgan fingerprint density at radius 3 is 2.84 bits per heavy atom. The van der Waals surface area contributed by atoms with E-state index in [1.165, 1.54) is 0 Å². The van der Waals surface area contributed by atoms with Crippen LogP contribution in [0.25, 0.3) is 11.3 Å². The molecular weight excluding hydrogens is 322 g/mol. The van der Waals surface area contributed by atoms with Crippen molar-refractivity contribution in [2.24, 2.45) is 0 Å². The van der Waals surface area contributed by atoms with Gasteiger partial charge >= 0.3 is 0 Å². The van der Waals surface area contributed by atoms with Crippen molar-refractivity contribution in [2.45, 2.75) is 12.6 Å². The third-order valence-electron chi connectivity index (χ3n) is 3.80. The molecule has 0 spiro atoms. The van der Waals surface area contributed by atoms with Crippen molar-refractivity contribution in [3.05, 3.63) is 60.9 Å². The molecule has 4 rings (SSSR count). The van der Waals surface area contributed by atoms with E-state index in [9.17, 15) is 4.79 Å². The first-order valence-electron chi connectivity index (χ1n) is 7.80. The van der Waals surface area contributed by atoms with Crippen molar-refractivity contribution in [3.8, 4) is 22.8 Å². The fourth-order valence-electron chi connectivity index (χ4n) is 2.57. The van der Waals surface area contributed by atoms with Crippen molar-refractivity contribution < 1.29 is 18.7 Å². The fourth-order valence-corrected chi connectivity index (χ4v) is 2.57. The van der Waals surface area contributed by atoms with Crippen LogP contribution >= 0.6 is 0 Å². The number of ether oxygens (including phenoxy) is 2. The standard InChI is InChI=1S/C18H15N3O4/c22-18(16-11-24-14-3-1-2-4-15(14)25-16)21-9-13-17(20-7-6-19-13)12-5-8-23-10-12/h1-8,10,16H,9,11H2,(H,21,22)/t16-/m1/s1. The summed E-state index contributed by atoms with van der Waals surface area (Å²) >= 11 is 0. The van der Waals surface area contributed by atoms with E-state index in [1.54, 1.807) is 43.1 Å². The number of hydrogen-bond acceptors (Lipinski definition) is 6. The summed E-state index contributed by atoms with van der Waals surface area (Å²) in [7, 11) is 0. The Morgan fingerprint density at radius 2 is 2.00 bits per heavy atom. The summed E-state index contributed by atoms with van der Waals surface area (Å²) in [6.45, 7) is 0.395. The first-order valence-corrected chi connectivity index (χ1v) is 7.80. The molecule has 0 saturated heterocycles. The highest BCUT2D eigenvalue weighted by atomic mass is 16.6. The Bertz CT molecular complexity index is 880. The lowest BCUT2D eigenvalue weighted by Crippen LogP contribution is -2.43. The molecule has 0 bridgehead atoms. The van der Waals surface area contributed by atoms with E-state index in [4.69, 9.17) is 13.9 Å². The summed E-state index contributed by atoms with van der Waals surface area (Å²) < 4.78 is 16.3. The number of carbonyl (C=O) groups is 1. The topological polar surface area (TPSA) is 86.5 Å². The monoisotopic (exact) mass is 337 g/mol. The van der Waals surface area contributed by atoms with Gasteiger partial charge in [0.1, 0.15) is 6.61 Å². The first-order chi connectivity index (χ1) is 12.3. The van der Waals surface area contributed by atoms with Gasteiger partial charge in [-0.25, -0.2) is 0 Å². The number of aromatic nitrogens is 2. The number of nitrogens with zero attached hydrogens (tertiary/aromatic N) is 2. The van der Waals surface area contributed by atoms with E-state index in [0.29, 0.717) is 22.9 Å². The van der Waals surface area contributed by atoms with Gasteiger partial charge in [-0.1, -0.05) is 12.1 Å². The highest BCUT2D eigenvalue weighted by Crippen LogP contribution is 2.30. The summed E-state index contributed by atoms with van der Waals surface area (Å²) in [5.41, 5.74) is 2.13. The summed E-state index contributed by atoms with van der Waals surface area (Å²) in [6, 6.07) is 9.06. The van der Waals surface area contributed by atoms with Gasteiger partial charge in [0.15, 0.2) is 11.5 Å². The van der Waals surface area contributed by atoms with Crippen LogP contribution in [0.5, 0.6) is 11.5 Å². The molecule has 126 valence electrons. The lowest BCUT2D eigenvalue weighted by molar-refractivity contribution is -0.130. The lowest BCUT2D eigenvalue weighted by Gasteiger charge is -2.25. The van der Waals surface area contributed by atoms with Gasteiger partial charge in [0.05, 0.1) is 30.5 Å². The summed E-state index contributed by atoms with van der Waals surface area (Å²) in [5, 5.41) is 2.82. The van der Waals surface area contributed by atoms with Crippen LogP contribution in [0.3, 0.4) is 0 Å². The minimum atomic E-state index is -0.705. The van der Waals surface area contributed by atoms with Crippen LogP contribution in [0.4, 0.5) is 0 Å². The highest BCUT2D eigenvalue weighted by molar-refractivity contribution is 5.81. The molecule has 7 nitrogen and oxygen atoms in total. The average molecular weight is 337 g/mol. The number of fused-ring (bicyclic) bond motifs is 1. The zero-order valence-electron chi connectivity index (χ0n) is 13.2. The minimum Gasteiger partial charge on any atom is -0.485 e. The molecule has 0 fully saturated rings. The number of carbonyl (C=O) groups excluding carboxylic acids is 1. The van der Waals surface area contributed by atoms with Crippen LogP contribution in [0, 0.1) is 0 Å². The number of hydrogen-bond donors (Lipinski definition) is 1. The Balaban J connectivity index is 1.44. The summed E-state index contributed by atoms with van der Waals surface area (Å²) in [5.74, 6) is 0.938. The van der Waals surface area contributed by atoms with E-state index in [-0.39, 0.29) is 19.1 Å². The van der Waals surface area contributed by atoms with E-state index in [1.807, 2.05) is 12.1 Å². The molecule has 1 amide bonds. The van der Waals surface area contributed by atoms with E-state index >= 15 is 0 Å². The van der Waals surface area contributed by atoms with Crippen molar-refractivity contribution in [2.75, 3.05) is 6.61 Å². The molecule has 1 atom stereocenters. The van der Waals surface area contributed by atoms with Gasteiger partial charge in [-0.2, -0.15) is 0 Å². The van der Waals surface area contributed by atoms with Crippen LogP contribution in [0.15, 0.2) is 59.7 Å². The predicted octanol–water partition coefficient (Wildman–Crippen LogP) is 2.19. The predicted molar refractivity (Wildman–Crippen MR) is 87.9 cm³/mol. The van der Waals surface area contributed by atoms with Gasteiger partial charge < -0.3 is 19.2 Å². The van der Waals surface area contributed by atoms with Crippen molar-refractivity contribution >= 4 is 5.91 Å². The average Bonchev–Trinajstić information content (AvgIpc) is 3.20. The number of para-hydroxylation sites is 2. The van der Waals surface area contributed by atoms with E-state index in [2.05, 4.69) is 15.3 Å². The lowest BCUT2D eigenvalue weighted by atomic mass is 10.2. The SMILES string of the molecule is O=C(NCc1nccnc1-c1ccoc1)[C@H]1COc2ccccc2O1. The Labute approximate surface area is 143 Å². The second-order valence-electron chi connectivity index (χ2n) is 5.45. The molecule has 3 heterocycles. The van der Waals surface area contributed by atoms with Crippen LogP contribution < -0.4 is 14.8 Å². The first kappa shape index (κ1) is 15.2. The molecular formula is C18H15N3O4. The van der Waals surface area contributed by atoms with Gasteiger partial charge in [-0.15, -0.1) is 0 Å². The number of amides is 1. The van der Waals surface area contributed by atoms with Crippen molar-refractivity contribution in [1.29, 1.82) is 0 Å². The molecule has 0 aliphatic carbocycles. The number of rotatable bonds is 4. The summed E-state index contributed by atoms with van der Waals surface area (Å²) in [6.07, 6.45) is 5.63. The van der Waals surface area contributed by atoms with Crippen molar-refractivity contribution in [1.82, 2.24) is 15.3 Å². The second-order valence-corrected chi connectivity index (χ2v) is 5.45. The highest BCUT2D eigenvalue weighted by Gasteiger charge is 2.27. The molecule has 25 heavy (non-hydrogen) atoms. The normalized spacial score (nSPS) is 15.6. The number of benzene rings is 1. The van der Waals surface area contributed by atoms with Gasteiger partial charge in [0, 0.05) is 18.0 Å². The molecule has 0 radical (unpaired) electrons. The van der Waals surface area contributed by atoms with E-state index in [0.717, 1.165) is 5.56 Å². The smallest absolute Gasteiger partial charge is 0.265 e. The Hall–Kier alpha value is -3.35. The molecule has 2 aromatic heterocycles. The van der Waals surface area contributed by atoms with Crippen LogP contribution in [-0.4, -0.2) is 28.6 Å². The molecule has 0 saturated carbocycles. The molecule has 3 aromatic rings. The maximum atomic E-state index is 12.4. The van der Waals surface area contributed by atoms with Gasteiger partial charge in [-0.3, -0.25) is 14.8 Å². The zero-order valence-corrected chi connectivity index (χ0v) is 13.2. The van der Waals surface area contributed by atoms with Gasteiger partial charge in [-0.05, 0) is 18.2 Å². The third kappa shape index (κ3) is 3.16. The van der Waals surface area contributed by atoms with Crippen molar-refractivity contribution in [3.63, 3.8) is 0 Å². The van der Waals surface area contributed by atoms with Crippen LogP contribution in [0.2, 0.25) is 0 Å². The third-order valence-corrected chi connectivity index (χ3v) is 3.80. The Kier molecular flexibility index (Phi) is 4.04. The molecule has 1 aromatic carbocycles. The summed E-state index contributed by atoms with van der Waals surface area (Å²) in [4.78, 5) is 21.0. The van der Waals surface area contributed by atoms with Crippen LogP contribution in [-0.2, 0) is 11.3 Å². The fraction of sp³-hybridized carbons (Fsp3) is 0.167. The zero-order chi connectivity index (χ0) is 17.1. The molecule has 1 aliphatic heterocycles. The molecule has 7 heteroatoms. The maximum Gasteiger partial charge on any atom is 0.265 e. The van der Waals surface area contributed by atoms with Crippen LogP contribution in [0.1, 0.15) is 5.69 Å².